The highest BCUT2D eigenvalue weighted by Gasteiger charge is 2.14. The predicted molar refractivity (Wildman–Crippen MR) is 71.8 cm³/mol. The first-order valence-electron chi connectivity index (χ1n) is 6.03. The minimum Gasteiger partial charge on any atom is -0.348 e. The molecule has 1 heterocycles. The van der Waals surface area contributed by atoms with E-state index >= 15 is 0 Å². The molecule has 0 spiro atoms. The third-order valence-electron chi connectivity index (χ3n) is 3.02. The fraction of sp³-hybridized carbons (Fsp3) is 0.286. The predicted octanol–water partition coefficient (Wildman–Crippen LogP) is 2.84. The zero-order valence-corrected chi connectivity index (χ0v) is 10.9. The lowest BCUT2D eigenvalue weighted by molar-refractivity contribution is 0.102. The van der Waals surface area contributed by atoms with E-state index in [1.54, 1.807) is 0 Å². The van der Waals surface area contributed by atoms with Gasteiger partial charge in [0, 0.05) is 11.4 Å². The molecule has 4 heteroatoms. The number of aryl methyl sites for hydroxylation is 3. The Hall–Kier alpha value is -2.10. The number of aromatic nitrogens is 2. The average Bonchev–Trinajstić information content (AvgIpc) is 2.78. The molecule has 0 saturated carbocycles. The van der Waals surface area contributed by atoms with Crippen LogP contribution in [0.15, 0.2) is 24.5 Å². The van der Waals surface area contributed by atoms with Crippen molar-refractivity contribution in [1.82, 2.24) is 9.97 Å². The standard InChI is InChI=1S/C14H17N3O/c1-4-11-7-5-6-9(2)12(11)17-14(18)13-10(3)15-8-16-13/h5-8H,4H2,1-3H3,(H,15,16)(H,17,18). The molecule has 0 saturated heterocycles. The van der Waals surface area contributed by atoms with E-state index in [4.69, 9.17) is 0 Å². The Balaban J connectivity index is 2.30. The second-order valence-corrected chi connectivity index (χ2v) is 4.29. The van der Waals surface area contributed by atoms with Crippen molar-refractivity contribution in [3.8, 4) is 0 Å². The largest absolute Gasteiger partial charge is 0.348 e. The van der Waals surface area contributed by atoms with Gasteiger partial charge in [0.1, 0.15) is 5.69 Å². The van der Waals surface area contributed by atoms with Crippen LogP contribution in [-0.2, 0) is 6.42 Å². The van der Waals surface area contributed by atoms with E-state index in [0.717, 1.165) is 28.9 Å². The van der Waals surface area contributed by atoms with Crippen LogP contribution >= 0.6 is 0 Å². The Morgan fingerprint density at radius 3 is 2.78 bits per heavy atom. The van der Waals surface area contributed by atoms with E-state index < -0.39 is 0 Å². The topological polar surface area (TPSA) is 57.8 Å². The van der Waals surface area contributed by atoms with Crippen LogP contribution in [0.2, 0.25) is 0 Å². The lowest BCUT2D eigenvalue weighted by atomic mass is 10.1. The maximum atomic E-state index is 12.1. The maximum Gasteiger partial charge on any atom is 0.276 e. The minimum atomic E-state index is -0.169. The third-order valence-corrected chi connectivity index (χ3v) is 3.02. The van der Waals surface area contributed by atoms with Crippen molar-refractivity contribution in [2.24, 2.45) is 0 Å². The van der Waals surface area contributed by atoms with Gasteiger partial charge in [0.2, 0.25) is 0 Å². The van der Waals surface area contributed by atoms with E-state index in [1.807, 2.05) is 32.0 Å². The second kappa shape index (κ2) is 5.04. The Labute approximate surface area is 106 Å². The molecule has 0 atom stereocenters. The lowest BCUT2D eigenvalue weighted by Crippen LogP contribution is -2.15. The highest BCUT2D eigenvalue weighted by atomic mass is 16.1. The number of hydrogen-bond donors (Lipinski definition) is 2. The van der Waals surface area contributed by atoms with Gasteiger partial charge in [-0.3, -0.25) is 4.79 Å². The number of amides is 1. The fourth-order valence-corrected chi connectivity index (χ4v) is 1.96. The summed E-state index contributed by atoms with van der Waals surface area (Å²) in [5, 5.41) is 2.95. The number of nitrogens with zero attached hydrogens (tertiary/aromatic N) is 1. The van der Waals surface area contributed by atoms with Crippen LogP contribution in [0.3, 0.4) is 0 Å². The van der Waals surface area contributed by atoms with Gasteiger partial charge in [-0.25, -0.2) is 4.98 Å². The van der Waals surface area contributed by atoms with Crippen LogP contribution in [0.4, 0.5) is 5.69 Å². The molecule has 0 aliphatic rings. The Kier molecular flexibility index (Phi) is 3.46. The summed E-state index contributed by atoms with van der Waals surface area (Å²) in [6.07, 6.45) is 2.42. The van der Waals surface area contributed by atoms with Gasteiger partial charge in [0.15, 0.2) is 0 Å². The summed E-state index contributed by atoms with van der Waals surface area (Å²) in [5.41, 5.74) is 4.32. The molecule has 0 aliphatic carbocycles. The number of H-pyrrole nitrogens is 1. The van der Waals surface area contributed by atoms with E-state index in [-0.39, 0.29) is 5.91 Å². The van der Waals surface area contributed by atoms with E-state index in [0.29, 0.717) is 5.69 Å². The SMILES string of the molecule is CCc1cccc(C)c1NC(=O)c1nc[nH]c1C. The summed E-state index contributed by atoms with van der Waals surface area (Å²) in [6, 6.07) is 6.02. The van der Waals surface area contributed by atoms with Gasteiger partial charge < -0.3 is 10.3 Å². The smallest absolute Gasteiger partial charge is 0.276 e. The molecule has 0 bridgehead atoms. The summed E-state index contributed by atoms with van der Waals surface area (Å²) in [6.45, 7) is 5.90. The first-order chi connectivity index (χ1) is 8.63. The Morgan fingerprint density at radius 2 is 2.17 bits per heavy atom. The zero-order valence-electron chi connectivity index (χ0n) is 10.9. The molecule has 0 unspecified atom stereocenters. The van der Waals surface area contributed by atoms with Crippen molar-refractivity contribution in [3.63, 3.8) is 0 Å². The number of carbonyl (C=O) groups excluding carboxylic acids is 1. The third kappa shape index (κ3) is 2.27. The van der Waals surface area contributed by atoms with Crippen LogP contribution in [-0.4, -0.2) is 15.9 Å². The van der Waals surface area contributed by atoms with Crippen molar-refractivity contribution < 1.29 is 4.79 Å². The fourth-order valence-electron chi connectivity index (χ4n) is 1.96. The molecule has 18 heavy (non-hydrogen) atoms. The van der Waals surface area contributed by atoms with Crippen LogP contribution in [0.25, 0.3) is 0 Å². The number of imidazole rings is 1. The molecule has 4 nitrogen and oxygen atoms in total. The van der Waals surface area contributed by atoms with Gasteiger partial charge in [-0.15, -0.1) is 0 Å². The number of aromatic amines is 1. The van der Waals surface area contributed by atoms with Crippen molar-refractivity contribution in [1.29, 1.82) is 0 Å². The van der Waals surface area contributed by atoms with Crippen molar-refractivity contribution >= 4 is 11.6 Å². The number of hydrogen-bond acceptors (Lipinski definition) is 2. The van der Waals surface area contributed by atoms with Crippen molar-refractivity contribution in [2.75, 3.05) is 5.32 Å². The van der Waals surface area contributed by atoms with E-state index in [9.17, 15) is 4.79 Å². The molecule has 94 valence electrons. The molecule has 1 amide bonds. The van der Waals surface area contributed by atoms with Gasteiger partial charge in [-0.1, -0.05) is 25.1 Å². The monoisotopic (exact) mass is 243 g/mol. The van der Waals surface area contributed by atoms with Crippen LogP contribution < -0.4 is 5.32 Å². The molecule has 0 radical (unpaired) electrons. The number of nitrogens with one attached hydrogen (secondary N) is 2. The zero-order chi connectivity index (χ0) is 13.1. The van der Waals surface area contributed by atoms with Crippen molar-refractivity contribution in [3.05, 3.63) is 47.0 Å². The van der Waals surface area contributed by atoms with Gasteiger partial charge in [0.25, 0.3) is 5.91 Å². The quantitative estimate of drug-likeness (QED) is 0.870. The highest BCUT2D eigenvalue weighted by molar-refractivity contribution is 6.04. The average molecular weight is 243 g/mol. The first kappa shape index (κ1) is 12.4. The molecular formula is C14H17N3O. The second-order valence-electron chi connectivity index (χ2n) is 4.29. The minimum absolute atomic E-state index is 0.169. The van der Waals surface area contributed by atoms with Crippen LogP contribution in [0.5, 0.6) is 0 Å². The molecule has 0 fully saturated rings. The number of para-hydroxylation sites is 1. The van der Waals surface area contributed by atoms with Gasteiger partial charge in [0.05, 0.1) is 6.33 Å². The summed E-state index contributed by atoms with van der Waals surface area (Å²) in [4.78, 5) is 19.1. The number of benzene rings is 1. The molecule has 2 rings (SSSR count). The van der Waals surface area contributed by atoms with E-state index in [2.05, 4.69) is 22.2 Å². The molecule has 0 aliphatic heterocycles. The van der Waals surface area contributed by atoms with Gasteiger partial charge in [-0.05, 0) is 31.4 Å². The molecule has 1 aromatic carbocycles. The Morgan fingerprint density at radius 1 is 1.39 bits per heavy atom. The van der Waals surface area contributed by atoms with Crippen LogP contribution in [0.1, 0.15) is 34.2 Å². The van der Waals surface area contributed by atoms with E-state index in [1.165, 1.54) is 6.33 Å². The molecule has 2 aromatic rings. The Bertz CT molecular complexity index is 572. The summed E-state index contributed by atoms with van der Waals surface area (Å²) >= 11 is 0. The number of rotatable bonds is 3. The van der Waals surface area contributed by atoms with Gasteiger partial charge in [-0.2, -0.15) is 0 Å². The van der Waals surface area contributed by atoms with Crippen molar-refractivity contribution in [2.45, 2.75) is 27.2 Å². The molecular weight excluding hydrogens is 226 g/mol. The highest BCUT2D eigenvalue weighted by Crippen LogP contribution is 2.21. The number of carbonyl (C=O) groups is 1. The molecule has 2 N–H and O–H groups in total. The van der Waals surface area contributed by atoms with Gasteiger partial charge >= 0.3 is 0 Å². The van der Waals surface area contributed by atoms with Crippen LogP contribution in [0, 0.1) is 13.8 Å². The number of anilines is 1. The summed E-state index contributed by atoms with van der Waals surface area (Å²) < 4.78 is 0. The first-order valence-corrected chi connectivity index (χ1v) is 6.03. The molecule has 1 aromatic heterocycles. The maximum absolute atomic E-state index is 12.1. The summed E-state index contributed by atoms with van der Waals surface area (Å²) in [7, 11) is 0. The lowest BCUT2D eigenvalue weighted by Gasteiger charge is -2.12. The normalized spacial score (nSPS) is 10.4. The summed E-state index contributed by atoms with van der Waals surface area (Å²) in [5.74, 6) is -0.169.